The Bertz CT molecular complexity index is 508. The van der Waals surface area contributed by atoms with Crippen LogP contribution in [-0.4, -0.2) is 44.0 Å². The second kappa shape index (κ2) is 4.67. The highest BCUT2D eigenvalue weighted by Gasteiger charge is 2.14. The van der Waals surface area contributed by atoms with E-state index in [-0.39, 0.29) is 0 Å². The monoisotopic (exact) mass is 235 g/mol. The maximum absolute atomic E-state index is 9.49. The van der Waals surface area contributed by atoms with E-state index in [2.05, 4.69) is 15.1 Å². The smallest absolute Gasteiger partial charge is 0.163 e. The van der Waals surface area contributed by atoms with Crippen LogP contribution in [-0.2, 0) is 7.05 Å². The summed E-state index contributed by atoms with van der Waals surface area (Å²) in [6, 6.07) is 0. The minimum atomic E-state index is -0.392. The van der Waals surface area contributed by atoms with Gasteiger partial charge in [0, 0.05) is 20.1 Å². The molecule has 0 spiro atoms. The van der Waals surface area contributed by atoms with Gasteiger partial charge in [-0.1, -0.05) is 0 Å². The number of anilines is 1. The van der Waals surface area contributed by atoms with Crippen molar-refractivity contribution in [3.63, 3.8) is 0 Å². The summed E-state index contributed by atoms with van der Waals surface area (Å²) in [4.78, 5) is 10.5. The number of rotatable bonds is 4. The predicted octanol–water partition coefficient (Wildman–Crippen LogP) is 0.570. The molecule has 1 N–H and O–H groups in total. The third-order valence-corrected chi connectivity index (χ3v) is 2.67. The minimum absolute atomic E-state index is 0.392. The van der Waals surface area contributed by atoms with Crippen LogP contribution < -0.4 is 4.90 Å². The summed E-state index contributed by atoms with van der Waals surface area (Å²) in [5.41, 5.74) is 0.805. The number of aromatic nitrogens is 4. The average Bonchev–Trinajstić information content (AvgIpc) is 2.68. The van der Waals surface area contributed by atoms with Gasteiger partial charge in [-0.15, -0.1) is 0 Å². The summed E-state index contributed by atoms with van der Waals surface area (Å²) in [5.74, 6) is 0.825. The maximum atomic E-state index is 9.49. The van der Waals surface area contributed by atoms with E-state index in [1.54, 1.807) is 17.8 Å². The van der Waals surface area contributed by atoms with E-state index in [1.165, 1.54) is 6.33 Å². The second-order valence-electron chi connectivity index (χ2n) is 4.09. The molecule has 6 nitrogen and oxygen atoms in total. The average molecular weight is 235 g/mol. The summed E-state index contributed by atoms with van der Waals surface area (Å²) in [6.45, 7) is 5.14. The van der Waals surface area contributed by atoms with Gasteiger partial charge in [0.25, 0.3) is 0 Å². The molecule has 2 aromatic rings. The molecule has 0 unspecified atom stereocenters. The number of likely N-dealkylation sites (N-methyl/N-ethyl adjacent to an activating group) is 1. The van der Waals surface area contributed by atoms with Crippen LogP contribution in [0.5, 0.6) is 0 Å². The van der Waals surface area contributed by atoms with Gasteiger partial charge in [-0.2, -0.15) is 5.10 Å². The fourth-order valence-corrected chi connectivity index (χ4v) is 1.89. The Morgan fingerprint density at radius 3 is 2.88 bits per heavy atom. The number of hydrogen-bond acceptors (Lipinski definition) is 5. The normalized spacial score (nSPS) is 12.9. The molecule has 0 saturated heterocycles. The molecule has 0 aliphatic heterocycles. The molecule has 6 heteroatoms. The Labute approximate surface area is 99.9 Å². The Kier molecular flexibility index (Phi) is 3.23. The molecule has 2 heterocycles. The van der Waals surface area contributed by atoms with Crippen molar-refractivity contribution >= 4 is 16.9 Å². The van der Waals surface area contributed by atoms with Crippen molar-refractivity contribution in [2.45, 2.75) is 20.0 Å². The molecule has 92 valence electrons. The van der Waals surface area contributed by atoms with Crippen molar-refractivity contribution in [2.75, 3.05) is 18.0 Å². The lowest BCUT2D eigenvalue weighted by atomic mass is 10.3. The third kappa shape index (κ3) is 2.21. The van der Waals surface area contributed by atoms with Gasteiger partial charge >= 0.3 is 0 Å². The highest BCUT2D eigenvalue weighted by Crippen LogP contribution is 2.21. The number of hydrogen-bond donors (Lipinski definition) is 1. The summed E-state index contributed by atoms with van der Waals surface area (Å²) >= 11 is 0. The molecule has 1 atom stereocenters. The zero-order chi connectivity index (χ0) is 12.4. The van der Waals surface area contributed by atoms with E-state index in [1.807, 2.05) is 18.9 Å². The Morgan fingerprint density at radius 1 is 1.47 bits per heavy atom. The summed E-state index contributed by atoms with van der Waals surface area (Å²) in [5, 5.41) is 14.6. The summed E-state index contributed by atoms with van der Waals surface area (Å²) in [7, 11) is 1.85. The fraction of sp³-hybridized carbons (Fsp3) is 0.545. The van der Waals surface area contributed by atoms with Crippen LogP contribution in [0.25, 0.3) is 11.0 Å². The molecule has 2 aromatic heterocycles. The van der Waals surface area contributed by atoms with Crippen LogP contribution in [0.15, 0.2) is 12.5 Å². The molecule has 0 aromatic carbocycles. The molecular weight excluding hydrogens is 218 g/mol. The van der Waals surface area contributed by atoms with Gasteiger partial charge in [-0.25, -0.2) is 9.97 Å². The second-order valence-corrected chi connectivity index (χ2v) is 4.09. The number of fused-ring (bicyclic) bond motifs is 1. The third-order valence-electron chi connectivity index (χ3n) is 2.67. The van der Waals surface area contributed by atoms with Gasteiger partial charge in [0.2, 0.25) is 0 Å². The van der Waals surface area contributed by atoms with Crippen LogP contribution in [0.3, 0.4) is 0 Å². The van der Waals surface area contributed by atoms with Crippen molar-refractivity contribution in [1.82, 2.24) is 19.7 Å². The van der Waals surface area contributed by atoms with Crippen molar-refractivity contribution in [3.8, 4) is 0 Å². The first-order valence-electron chi connectivity index (χ1n) is 5.69. The highest BCUT2D eigenvalue weighted by atomic mass is 16.3. The number of nitrogens with zero attached hydrogens (tertiary/aromatic N) is 5. The van der Waals surface area contributed by atoms with Crippen LogP contribution in [0.1, 0.15) is 13.8 Å². The van der Waals surface area contributed by atoms with Gasteiger partial charge < -0.3 is 10.0 Å². The number of aliphatic hydroxyl groups is 1. The van der Waals surface area contributed by atoms with Crippen LogP contribution in [0, 0.1) is 0 Å². The molecule has 0 radical (unpaired) electrons. The first-order chi connectivity index (χ1) is 8.13. The molecule has 0 bridgehead atoms. The Morgan fingerprint density at radius 2 is 2.24 bits per heavy atom. The van der Waals surface area contributed by atoms with E-state index >= 15 is 0 Å². The van der Waals surface area contributed by atoms with Crippen molar-refractivity contribution < 1.29 is 5.11 Å². The van der Waals surface area contributed by atoms with Crippen molar-refractivity contribution in [2.24, 2.45) is 7.05 Å². The zero-order valence-corrected chi connectivity index (χ0v) is 10.3. The van der Waals surface area contributed by atoms with E-state index < -0.39 is 6.10 Å². The first-order valence-corrected chi connectivity index (χ1v) is 5.69. The first kappa shape index (κ1) is 11.8. The van der Waals surface area contributed by atoms with Gasteiger partial charge in [0.15, 0.2) is 5.65 Å². The van der Waals surface area contributed by atoms with Gasteiger partial charge in [0.1, 0.15) is 12.1 Å². The predicted molar refractivity (Wildman–Crippen MR) is 65.9 cm³/mol. The zero-order valence-electron chi connectivity index (χ0n) is 10.3. The molecular formula is C11H17N5O. The summed E-state index contributed by atoms with van der Waals surface area (Å²) in [6.07, 6.45) is 2.90. The molecule has 2 rings (SSSR count). The lowest BCUT2D eigenvalue weighted by Crippen LogP contribution is -2.31. The maximum Gasteiger partial charge on any atom is 0.163 e. The fourth-order valence-electron chi connectivity index (χ4n) is 1.89. The largest absolute Gasteiger partial charge is 0.392 e. The minimum Gasteiger partial charge on any atom is -0.392 e. The SMILES string of the molecule is CCN(C[C@@H](C)O)c1ncnc2c1cnn2C. The summed E-state index contributed by atoms with van der Waals surface area (Å²) < 4.78 is 1.72. The molecule has 0 saturated carbocycles. The van der Waals surface area contributed by atoms with E-state index in [0.29, 0.717) is 6.54 Å². The standard InChI is InChI=1S/C11H17N5O/c1-4-16(6-8(2)17)11-9-5-14-15(3)10(9)12-7-13-11/h5,7-8,17H,4,6H2,1-3H3/t8-/m1/s1. The quantitative estimate of drug-likeness (QED) is 0.839. The number of aliphatic hydroxyl groups excluding tert-OH is 1. The van der Waals surface area contributed by atoms with Gasteiger partial charge in [-0.05, 0) is 13.8 Å². The number of aryl methyl sites for hydroxylation is 1. The van der Waals surface area contributed by atoms with Gasteiger partial charge in [0.05, 0.1) is 17.7 Å². The van der Waals surface area contributed by atoms with Crippen molar-refractivity contribution in [3.05, 3.63) is 12.5 Å². The topological polar surface area (TPSA) is 67.1 Å². The van der Waals surface area contributed by atoms with E-state index in [0.717, 1.165) is 23.4 Å². The highest BCUT2D eigenvalue weighted by molar-refractivity contribution is 5.86. The molecule has 17 heavy (non-hydrogen) atoms. The Hall–Kier alpha value is -1.69. The lowest BCUT2D eigenvalue weighted by Gasteiger charge is -2.23. The van der Waals surface area contributed by atoms with Crippen LogP contribution in [0.2, 0.25) is 0 Å². The molecule has 0 fully saturated rings. The van der Waals surface area contributed by atoms with Crippen molar-refractivity contribution in [1.29, 1.82) is 0 Å². The molecule has 0 amide bonds. The molecule has 0 aliphatic rings. The lowest BCUT2D eigenvalue weighted by molar-refractivity contribution is 0.200. The van der Waals surface area contributed by atoms with Crippen LogP contribution in [0.4, 0.5) is 5.82 Å². The van der Waals surface area contributed by atoms with E-state index in [4.69, 9.17) is 0 Å². The Balaban J connectivity index is 2.46. The van der Waals surface area contributed by atoms with E-state index in [9.17, 15) is 5.11 Å². The van der Waals surface area contributed by atoms with Gasteiger partial charge in [-0.3, -0.25) is 4.68 Å². The van der Waals surface area contributed by atoms with Crippen LogP contribution >= 0.6 is 0 Å². The molecule has 0 aliphatic carbocycles.